The number of carboxylic acid groups (broad SMARTS) is 1. The number of hydrogen-bond acceptors (Lipinski definition) is 1. The van der Waals surface area contributed by atoms with Crippen molar-refractivity contribution >= 4 is 5.97 Å². The molecule has 210 valence electrons. The van der Waals surface area contributed by atoms with Gasteiger partial charge in [-0.1, -0.05) is 112 Å². The lowest BCUT2D eigenvalue weighted by molar-refractivity contribution is -0.151. The predicted molar refractivity (Wildman–Crippen MR) is 159 cm³/mol. The van der Waals surface area contributed by atoms with Crippen molar-refractivity contribution in [2.24, 2.45) is 10.8 Å². The Morgan fingerprint density at radius 3 is 1.08 bits per heavy atom. The summed E-state index contributed by atoms with van der Waals surface area (Å²) in [5.74, 6) is -0.624. The van der Waals surface area contributed by atoms with Gasteiger partial charge >= 0.3 is 5.97 Å². The third-order valence-corrected chi connectivity index (χ3v) is 9.79. The molecule has 3 rings (SSSR count). The molecule has 0 atom stereocenters. The molecule has 2 nitrogen and oxygen atoms in total. The molecule has 0 radical (unpaired) electrons. The van der Waals surface area contributed by atoms with Gasteiger partial charge in [0.25, 0.3) is 0 Å². The van der Waals surface area contributed by atoms with Crippen molar-refractivity contribution in [1.82, 2.24) is 0 Å². The summed E-state index contributed by atoms with van der Waals surface area (Å²) in [7, 11) is 0. The monoisotopic (exact) mass is 510 g/mol. The van der Waals surface area contributed by atoms with Crippen molar-refractivity contribution in [1.29, 1.82) is 0 Å². The quantitative estimate of drug-likeness (QED) is 0.373. The van der Waals surface area contributed by atoms with Crippen LogP contribution in [0.25, 0.3) is 0 Å². The third-order valence-electron chi connectivity index (χ3n) is 9.79. The number of carbonyl (C=O) groups is 1. The molecule has 0 unspecified atom stereocenters. The molecule has 0 fully saturated rings. The molecule has 0 saturated carbocycles. The summed E-state index contributed by atoms with van der Waals surface area (Å²) in [6.07, 6.45) is 37.3. The molecular weight excluding hydrogens is 452 g/mol. The first-order valence-corrected chi connectivity index (χ1v) is 16.3. The number of allylic oxidation sites excluding steroid dienone is 6. The molecule has 0 aromatic carbocycles. The van der Waals surface area contributed by atoms with Gasteiger partial charge in [-0.15, -0.1) is 0 Å². The van der Waals surface area contributed by atoms with Crippen molar-refractivity contribution in [3.8, 4) is 0 Å². The van der Waals surface area contributed by atoms with E-state index < -0.39 is 16.8 Å². The molecule has 0 amide bonds. The Morgan fingerprint density at radius 2 is 0.784 bits per heavy atom. The maximum Gasteiger partial charge on any atom is 0.310 e. The number of aliphatic carboxylic acids is 1. The van der Waals surface area contributed by atoms with Gasteiger partial charge in [0.1, 0.15) is 0 Å². The lowest BCUT2D eigenvalue weighted by Crippen LogP contribution is -2.48. The van der Waals surface area contributed by atoms with E-state index in [2.05, 4.69) is 32.1 Å². The van der Waals surface area contributed by atoms with Crippen LogP contribution in [0.2, 0.25) is 0 Å². The van der Waals surface area contributed by atoms with E-state index in [0.717, 1.165) is 38.5 Å². The lowest BCUT2D eigenvalue weighted by atomic mass is 9.51. The second-order valence-electron chi connectivity index (χ2n) is 12.8. The fraction of sp³-hybridized carbons (Fsp3) is 0.800. The average molecular weight is 511 g/mol. The van der Waals surface area contributed by atoms with E-state index in [1.807, 2.05) is 0 Å². The van der Waals surface area contributed by atoms with E-state index in [1.165, 1.54) is 132 Å². The minimum absolute atomic E-state index is 0.476. The summed E-state index contributed by atoms with van der Waals surface area (Å²) >= 11 is 0. The van der Waals surface area contributed by atoms with Crippen LogP contribution in [-0.4, -0.2) is 11.1 Å². The first-order chi connectivity index (χ1) is 18.0. The molecule has 0 aromatic heterocycles. The van der Waals surface area contributed by atoms with Crippen molar-refractivity contribution in [2.45, 2.75) is 168 Å². The highest BCUT2D eigenvalue weighted by Crippen LogP contribution is 2.60. The van der Waals surface area contributed by atoms with Crippen LogP contribution in [0, 0.1) is 10.8 Å². The standard InChI is InChI=1S/C35H58O2/c1-34(2,33(36)37)35(30-24-18-12-6-3-7-13-19-25-30,31-26-20-14-8-4-9-15-21-27-31)32-28-22-16-10-5-11-17-23-29-32/h24,26,28H,3-23,25,27,29H2,1-2H3,(H,36,37). The molecule has 3 aliphatic carbocycles. The van der Waals surface area contributed by atoms with Crippen molar-refractivity contribution < 1.29 is 9.90 Å². The first kappa shape index (κ1) is 30.2. The van der Waals surface area contributed by atoms with E-state index in [4.69, 9.17) is 0 Å². The second kappa shape index (κ2) is 15.9. The van der Waals surface area contributed by atoms with Gasteiger partial charge in [0, 0.05) is 5.41 Å². The second-order valence-corrected chi connectivity index (χ2v) is 12.8. The molecule has 0 heterocycles. The summed E-state index contributed by atoms with van der Waals surface area (Å²) in [5.41, 5.74) is 3.06. The Balaban J connectivity index is 2.25. The van der Waals surface area contributed by atoms with Gasteiger partial charge in [0.05, 0.1) is 5.41 Å². The number of rotatable bonds is 5. The highest BCUT2D eigenvalue weighted by molar-refractivity contribution is 5.78. The Hall–Kier alpha value is -1.31. The zero-order valence-corrected chi connectivity index (χ0v) is 24.6. The molecule has 0 spiro atoms. The molecule has 1 N–H and O–H groups in total. The van der Waals surface area contributed by atoms with Crippen molar-refractivity contribution in [3.05, 3.63) is 34.9 Å². The summed E-state index contributed by atoms with van der Waals surface area (Å²) in [5, 5.41) is 11.0. The molecule has 37 heavy (non-hydrogen) atoms. The van der Waals surface area contributed by atoms with Crippen LogP contribution in [0.3, 0.4) is 0 Å². The minimum atomic E-state index is -0.866. The van der Waals surface area contributed by atoms with Gasteiger partial charge < -0.3 is 5.11 Å². The maximum absolute atomic E-state index is 13.3. The smallest absolute Gasteiger partial charge is 0.310 e. The molecule has 2 heteroatoms. The zero-order chi connectivity index (χ0) is 26.4. The third kappa shape index (κ3) is 8.09. The van der Waals surface area contributed by atoms with Crippen molar-refractivity contribution in [3.63, 3.8) is 0 Å². The van der Waals surface area contributed by atoms with Gasteiger partial charge in [-0.3, -0.25) is 4.79 Å². The highest BCUT2D eigenvalue weighted by atomic mass is 16.4. The highest BCUT2D eigenvalue weighted by Gasteiger charge is 2.55. The summed E-state index contributed by atoms with van der Waals surface area (Å²) in [4.78, 5) is 13.3. The van der Waals surface area contributed by atoms with E-state index in [9.17, 15) is 9.90 Å². The molecule has 0 saturated heterocycles. The largest absolute Gasteiger partial charge is 0.481 e. The van der Waals surface area contributed by atoms with Crippen LogP contribution in [0.5, 0.6) is 0 Å². The van der Waals surface area contributed by atoms with Crippen LogP contribution in [-0.2, 0) is 4.79 Å². The summed E-state index contributed by atoms with van der Waals surface area (Å²) < 4.78 is 0. The Kier molecular flexibility index (Phi) is 13.0. The SMILES string of the molecule is CC(C)(C(=O)O)C(C1=CCCCCCCCC1)(C1=CCCCCCCCC1)C1=CCCCCCCCC1. The fourth-order valence-electron chi connectivity index (χ4n) is 7.64. The van der Waals surface area contributed by atoms with Gasteiger partial charge in [0.15, 0.2) is 0 Å². The van der Waals surface area contributed by atoms with Crippen LogP contribution < -0.4 is 0 Å². The Bertz CT molecular complexity index is 697. The minimum Gasteiger partial charge on any atom is -0.481 e. The van der Waals surface area contributed by atoms with Crippen molar-refractivity contribution in [2.75, 3.05) is 0 Å². The maximum atomic E-state index is 13.3. The van der Waals surface area contributed by atoms with Gasteiger partial charge in [0.2, 0.25) is 0 Å². The number of carboxylic acids is 1. The Morgan fingerprint density at radius 1 is 0.514 bits per heavy atom. The van der Waals surface area contributed by atoms with Gasteiger partial charge in [-0.05, 0) is 90.9 Å². The number of hydrogen-bond donors (Lipinski definition) is 1. The van der Waals surface area contributed by atoms with E-state index >= 15 is 0 Å². The lowest BCUT2D eigenvalue weighted by Gasteiger charge is -2.51. The molecule has 0 bridgehead atoms. The molecule has 0 aromatic rings. The fourth-order valence-corrected chi connectivity index (χ4v) is 7.64. The first-order valence-electron chi connectivity index (χ1n) is 16.3. The van der Waals surface area contributed by atoms with E-state index in [0.29, 0.717) is 0 Å². The van der Waals surface area contributed by atoms with Crippen LogP contribution in [0.15, 0.2) is 34.9 Å². The van der Waals surface area contributed by atoms with Crippen LogP contribution >= 0.6 is 0 Å². The zero-order valence-electron chi connectivity index (χ0n) is 24.6. The van der Waals surface area contributed by atoms with Crippen LogP contribution in [0.4, 0.5) is 0 Å². The Labute approximate surface area is 229 Å². The van der Waals surface area contributed by atoms with E-state index in [-0.39, 0.29) is 0 Å². The van der Waals surface area contributed by atoms with Crippen LogP contribution in [0.1, 0.15) is 168 Å². The summed E-state index contributed by atoms with van der Waals surface area (Å²) in [6.45, 7) is 4.16. The average Bonchev–Trinajstić information content (AvgIpc) is 2.90. The molecular formula is C35H58O2. The van der Waals surface area contributed by atoms with E-state index in [1.54, 1.807) is 0 Å². The van der Waals surface area contributed by atoms with Gasteiger partial charge in [-0.2, -0.15) is 0 Å². The molecule has 3 aliphatic rings. The normalized spacial score (nSPS) is 24.4. The topological polar surface area (TPSA) is 37.3 Å². The molecule has 0 aliphatic heterocycles. The van der Waals surface area contributed by atoms with Gasteiger partial charge in [-0.25, -0.2) is 0 Å². The predicted octanol–water partition coefficient (Wildman–Crippen LogP) is 11.3. The summed E-state index contributed by atoms with van der Waals surface area (Å²) in [6, 6.07) is 0.